The van der Waals surface area contributed by atoms with Crippen LogP contribution in [0.25, 0.3) is 0 Å². The minimum atomic E-state index is -0.336. The van der Waals surface area contributed by atoms with Gasteiger partial charge in [0.15, 0.2) is 0 Å². The second-order valence-electron chi connectivity index (χ2n) is 8.62. The first-order valence-electron chi connectivity index (χ1n) is 9.12. The van der Waals surface area contributed by atoms with E-state index in [1.165, 1.54) is 5.56 Å². The van der Waals surface area contributed by atoms with Crippen LogP contribution in [0.1, 0.15) is 12.5 Å². The Morgan fingerprint density at radius 2 is 1.58 bits per heavy atom. The number of benzene rings is 1. The molecule has 1 unspecified atom stereocenters. The summed E-state index contributed by atoms with van der Waals surface area (Å²) in [5, 5.41) is 11.2. The van der Waals surface area contributed by atoms with Gasteiger partial charge in [0.2, 0.25) is 0 Å². The van der Waals surface area contributed by atoms with E-state index in [1.54, 1.807) is 0 Å². The number of carbonyl (C=O) groups is 1. The minimum absolute atomic E-state index is 0.0685. The molecule has 0 bridgehead atoms. The van der Waals surface area contributed by atoms with E-state index in [1.807, 2.05) is 25.1 Å². The molecule has 1 atom stereocenters. The van der Waals surface area contributed by atoms with E-state index in [0.29, 0.717) is 6.61 Å². The van der Waals surface area contributed by atoms with Crippen molar-refractivity contribution in [3.63, 3.8) is 0 Å². The van der Waals surface area contributed by atoms with E-state index in [9.17, 15) is 4.79 Å². The monoisotopic (exact) mass is 369 g/mol. The summed E-state index contributed by atoms with van der Waals surface area (Å²) in [5.41, 5.74) is 1.21. The van der Waals surface area contributed by atoms with Gasteiger partial charge in [-0.3, -0.25) is 0 Å². The van der Waals surface area contributed by atoms with E-state index < -0.39 is 0 Å². The van der Waals surface area contributed by atoms with E-state index in [0.717, 1.165) is 28.5 Å². The van der Waals surface area contributed by atoms with Gasteiger partial charge in [0.05, 0.1) is 48.9 Å². The molecule has 6 nitrogen and oxygen atoms in total. The first-order chi connectivity index (χ1) is 11.9. The number of nitrogens with zero attached hydrogens (tertiary/aromatic N) is 2. The molecule has 0 aliphatic rings. The Kier molecular flexibility index (Phi) is 11.1. The molecular formula is C20H39N3O3+2. The number of hydrogen-bond donors (Lipinski definition) is 2. The zero-order valence-electron chi connectivity index (χ0n) is 17.7. The number of hydrogen-bond acceptors (Lipinski definition) is 3. The van der Waals surface area contributed by atoms with Crippen LogP contribution in [0.2, 0.25) is 0 Å². The number of aliphatic hydroxyl groups is 1. The summed E-state index contributed by atoms with van der Waals surface area (Å²) in [6.07, 6.45) is 0.475. The molecule has 26 heavy (non-hydrogen) atoms. The van der Waals surface area contributed by atoms with Gasteiger partial charge in [-0.05, 0) is 18.9 Å². The van der Waals surface area contributed by atoms with E-state index in [2.05, 4.69) is 59.7 Å². The first kappa shape index (κ1) is 24.4. The fraction of sp³-hybridized carbons (Fsp3) is 0.650. The molecule has 0 saturated heterocycles. The molecular weight excluding hydrogens is 330 g/mol. The van der Waals surface area contributed by atoms with Gasteiger partial charge < -0.3 is 24.1 Å². The number of likely N-dealkylation sites (N-methyl/N-ethyl adjacent to an activating group) is 2. The molecule has 0 spiro atoms. The summed E-state index contributed by atoms with van der Waals surface area (Å²) in [6.45, 7) is 4.34. The van der Waals surface area contributed by atoms with Crippen molar-refractivity contribution in [2.24, 2.45) is 0 Å². The van der Waals surface area contributed by atoms with Crippen molar-refractivity contribution in [3.05, 3.63) is 35.9 Å². The second kappa shape index (κ2) is 11.9. The van der Waals surface area contributed by atoms with Gasteiger partial charge in [0.1, 0.15) is 19.7 Å². The van der Waals surface area contributed by atoms with Gasteiger partial charge >= 0.3 is 6.09 Å². The van der Waals surface area contributed by atoms with Gasteiger partial charge in [0, 0.05) is 6.04 Å². The highest BCUT2D eigenvalue weighted by molar-refractivity contribution is 5.67. The van der Waals surface area contributed by atoms with Crippen molar-refractivity contribution in [1.82, 2.24) is 5.32 Å². The average molecular weight is 370 g/mol. The number of rotatable bonds is 8. The van der Waals surface area contributed by atoms with Crippen LogP contribution >= 0.6 is 0 Å². The highest BCUT2D eigenvalue weighted by Gasteiger charge is 2.11. The Morgan fingerprint density at radius 1 is 1.04 bits per heavy atom. The van der Waals surface area contributed by atoms with Crippen molar-refractivity contribution >= 4 is 6.09 Å². The van der Waals surface area contributed by atoms with Crippen molar-refractivity contribution in [1.29, 1.82) is 0 Å². The molecule has 0 aromatic heterocycles. The molecule has 1 aromatic rings. The van der Waals surface area contributed by atoms with E-state index in [4.69, 9.17) is 9.84 Å². The van der Waals surface area contributed by atoms with Crippen LogP contribution in [-0.4, -0.2) is 94.8 Å². The van der Waals surface area contributed by atoms with Gasteiger partial charge in [0.25, 0.3) is 0 Å². The second-order valence-corrected chi connectivity index (χ2v) is 8.62. The Bertz CT molecular complexity index is 493. The number of nitrogens with one attached hydrogen (secondary N) is 1. The van der Waals surface area contributed by atoms with Crippen LogP contribution in [0.3, 0.4) is 0 Å². The number of ether oxygens (including phenoxy) is 1. The van der Waals surface area contributed by atoms with Crippen LogP contribution in [0.5, 0.6) is 0 Å². The summed E-state index contributed by atoms with van der Waals surface area (Å²) < 4.78 is 6.79. The zero-order chi connectivity index (χ0) is 20.2. The standard InChI is InChI=1S/C15H24N2O2.C5H14NO/c1-13(12-14-8-6-5-7-9-14)16-15(18)19-11-10-17(2,3)4;1-6(2,3)4-5-7/h5-9,13H,10-12H2,1-4H3;7H,4-5H2,1-3H3/q;+1/p+1. The molecule has 150 valence electrons. The lowest BCUT2D eigenvalue weighted by molar-refractivity contribution is -0.870. The Morgan fingerprint density at radius 3 is 2.00 bits per heavy atom. The van der Waals surface area contributed by atoms with Gasteiger partial charge in [-0.15, -0.1) is 0 Å². The summed E-state index contributed by atoms with van der Waals surface area (Å²) in [4.78, 5) is 11.6. The van der Waals surface area contributed by atoms with E-state index >= 15 is 0 Å². The molecule has 1 amide bonds. The number of quaternary nitrogens is 2. The number of carbonyl (C=O) groups excluding carboxylic acids is 1. The van der Waals surface area contributed by atoms with Crippen molar-refractivity contribution in [3.8, 4) is 0 Å². The van der Waals surface area contributed by atoms with E-state index in [-0.39, 0.29) is 18.7 Å². The topological polar surface area (TPSA) is 58.6 Å². The van der Waals surface area contributed by atoms with Crippen LogP contribution in [0, 0.1) is 0 Å². The molecule has 1 rings (SSSR count). The van der Waals surface area contributed by atoms with Crippen LogP contribution in [0.4, 0.5) is 4.79 Å². The maximum Gasteiger partial charge on any atom is 0.407 e. The minimum Gasteiger partial charge on any atom is -0.444 e. The number of aliphatic hydroxyl groups excluding tert-OH is 1. The molecule has 0 aliphatic carbocycles. The smallest absolute Gasteiger partial charge is 0.407 e. The third-order valence-electron chi connectivity index (χ3n) is 3.52. The Balaban J connectivity index is 0.000000758. The fourth-order valence-electron chi connectivity index (χ4n) is 1.97. The maximum absolute atomic E-state index is 11.6. The normalized spacial score (nSPS) is 12.6. The largest absolute Gasteiger partial charge is 0.444 e. The molecule has 1 aromatic carbocycles. The number of alkyl carbamates (subject to hydrolysis) is 1. The summed E-state index contributed by atoms with van der Waals surface area (Å²) in [5.74, 6) is 0. The lowest BCUT2D eigenvalue weighted by atomic mass is 10.1. The van der Waals surface area contributed by atoms with Gasteiger partial charge in [-0.25, -0.2) is 4.79 Å². The van der Waals surface area contributed by atoms with Crippen LogP contribution in [0.15, 0.2) is 30.3 Å². The lowest BCUT2D eigenvalue weighted by Crippen LogP contribution is -2.40. The molecule has 0 heterocycles. The van der Waals surface area contributed by atoms with Crippen molar-refractivity contribution < 1.29 is 23.6 Å². The molecule has 6 heteroatoms. The SMILES string of the molecule is CC(Cc1ccccc1)NC(=O)OCC[N+](C)(C)C.C[N+](C)(C)CCO. The predicted octanol–water partition coefficient (Wildman–Crippen LogP) is 1.73. The van der Waals surface area contributed by atoms with Crippen molar-refractivity contribution in [2.75, 3.05) is 68.6 Å². The lowest BCUT2D eigenvalue weighted by Gasteiger charge is -2.23. The summed E-state index contributed by atoms with van der Waals surface area (Å²) in [7, 11) is 12.4. The Labute approximate surface area is 159 Å². The quantitative estimate of drug-likeness (QED) is 0.686. The highest BCUT2D eigenvalue weighted by atomic mass is 16.5. The first-order valence-corrected chi connectivity index (χ1v) is 9.12. The van der Waals surface area contributed by atoms with Crippen molar-refractivity contribution in [2.45, 2.75) is 19.4 Å². The predicted molar refractivity (Wildman–Crippen MR) is 107 cm³/mol. The number of amides is 1. The van der Waals surface area contributed by atoms with Gasteiger partial charge in [-0.2, -0.15) is 0 Å². The summed E-state index contributed by atoms with van der Waals surface area (Å²) in [6, 6.07) is 10.2. The van der Waals surface area contributed by atoms with Crippen LogP contribution in [-0.2, 0) is 11.2 Å². The third kappa shape index (κ3) is 15.9. The fourth-order valence-corrected chi connectivity index (χ4v) is 1.97. The highest BCUT2D eigenvalue weighted by Crippen LogP contribution is 2.02. The Hall–Kier alpha value is -1.63. The average Bonchev–Trinajstić information content (AvgIpc) is 2.46. The molecule has 0 radical (unpaired) electrons. The molecule has 0 fully saturated rings. The maximum atomic E-state index is 11.6. The molecule has 2 N–H and O–H groups in total. The third-order valence-corrected chi connectivity index (χ3v) is 3.52. The van der Waals surface area contributed by atoms with Gasteiger partial charge in [-0.1, -0.05) is 30.3 Å². The zero-order valence-corrected chi connectivity index (χ0v) is 17.7. The van der Waals surface area contributed by atoms with Crippen LogP contribution < -0.4 is 5.32 Å². The molecule has 0 saturated carbocycles. The summed E-state index contributed by atoms with van der Waals surface area (Å²) >= 11 is 0. The molecule has 0 aliphatic heterocycles.